The van der Waals surface area contributed by atoms with E-state index in [0.29, 0.717) is 5.56 Å². The highest BCUT2D eigenvalue weighted by atomic mass is 16.6. The highest BCUT2D eigenvalue weighted by Gasteiger charge is 2.33. The second-order valence-corrected chi connectivity index (χ2v) is 7.51. The quantitative estimate of drug-likeness (QED) is 0.653. The minimum atomic E-state index is -1.11. The topological polar surface area (TPSA) is 66.8 Å². The van der Waals surface area contributed by atoms with Gasteiger partial charge >= 0.3 is 12.1 Å². The molecule has 5 nitrogen and oxygen atoms in total. The number of amides is 1. The Morgan fingerprint density at radius 1 is 0.933 bits per heavy atom. The molecule has 1 aliphatic rings. The molecule has 0 aromatic heterocycles. The number of rotatable bonds is 5. The molecule has 0 heterocycles. The largest absolute Gasteiger partial charge is 0.479 e. The third-order valence-corrected chi connectivity index (χ3v) is 5.73. The first-order chi connectivity index (χ1) is 14.5. The van der Waals surface area contributed by atoms with Crippen molar-refractivity contribution in [1.29, 1.82) is 0 Å². The normalized spacial score (nSPS) is 13.3. The fraction of sp³-hybridized carbons (Fsp3) is 0.200. The zero-order valence-corrected chi connectivity index (χ0v) is 16.9. The number of carboxylic acid groups (broad SMARTS) is 1. The summed E-state index contributed by atoms with van der Waals surface area (Å²) in [6, 6.07) is 22.2. The highest BCUT2D eigenvalue weighted by Crippen LogP contribution is 2.44. The molecular formula is C25H23NO4. The third-order valence-electron chi connectivity index (χ3n) is 5.73. The second-order valence-electron chi connectivity index (χ2n) is 7.51. The van der Waals surface area contributed by atoms with E-state index in [0.717, 1.165) is 32.7 Å². The molecule has 0 aliphatic heterocycles. The van der Waals surface area contributed by atoms with E-state index in [-0.39, 0.29) is 12.5 Å². The zero-order valence-electron chi connectivity index (χ0n) is 16.9. The number of aryl methyl sites for hydroxylation is 1. The first kappa shape index (κ1) is 19.7. The molecule has 1 unspecified atom stereocenters. The van der Waals surface area contributed by atoms with Gasteiger partial charge < -0.3 is 9.84 Å². The summed E-state index contributed by atoms with van der Waals surface area (Å²) in [5, 5.41) is 9.76. The van der Waals surface area contributed by atoms with Gasteiger partial charge in [-0.1, -0.05) is 72.8 Å². The van der Waals surface area contributed by atoms with Crippen molar-refractivity contribution in [2.24, 2.45) is 0 Å². The van der Waals surface area contributed by atoms with Gasteiger partial charge in [0.15, 0.2) is 6.04 Å². The molecule has 1 amide bonds. The van der Waals surface area contributed by atoms with E-state index in [2.05, 4.69) is 12.1 Å². The Bertz CT molecular complexity index is 1060. The molecule has 4 rings (SSSR count). The van der Waals surface area contributed by atoms with Crippen LogP contribution in [-0.2, 0) is 9.53 Å². The van der Waals surface area contributed by atoms with Crippen molar-refractivity contribution >= 4 is 12.1 Å². The van der Waals surface area contributed by atoms with Crippen LogP contribution in [0.5, 0.6) is 0 Å². The predicted molar refractivity (Wildman–Crippen MR) is 114 cm³/mol. The van der Waals surface area contributed by atoms with E-state index >= 15 is 0 Å². The Labute approximate surface area is 175 Å². The fourth-order valence-corrected chi connectivity index (χ4v) is 4.20. The first-order valence-electron chi connectivity index (χ1n) is 9.85. The molecule has 3 aromatic rings. The van der Waals surface area contributed by atoms with E-state index in [1.165, 1.54) is 7.05 Å². The Balaban J connectivity index is 1.55. The van der Waals surface area contributed by atoms with Gasteiger partial charge in [0.1, 0.15) is 6.61 Å². The maximum Gasteiger partial charge on any atom is 0.410 e. The van der Waals surface area contributed by atoms with Crippen LogP contribution in [0.2, 0.25) is 0 Å². The van der Waals surface area contributed by atoms with Gasteiger partial charge in [0.05, 0.1) is 0 Å². The number of nitrogens with zero attached hydrogens (tertiary/aromatic N) is 1. The molecule has 1 N–H and O–H groups in total. The lowest BCUT2D eigenvalue weighted by molar-refractivity contribution is -0.142. The molecule has 5 heteroatoms. The standard InChI is InChI=1S/C25H23NO4/c1-16-9-3-4-10-17(16)23(24(27)28)26(2)25(29)30-15-22-20-13-7-5-11-18(20)19-12-6-8-14-21(19)22/h3-14,22-23H,15H2,1-2H3,(H,27,28). The van der Waals surface area contributed by atoms with Crippen LogP contribution in [0.1, 0.15) is 34.2 Å². The average molecular weight is 401 g/mol. The molecule has 1 atom stereocenters. The van der Waals surface area contributed by atoms with E-state index in [4.69, 9.17) is 4.74 Å². The Morgan fingerprint density at radius 3 is 2.03 bits per heavy atom. The van der Waals surface area contributed by atoms with Crippen molar-refractivity contribution < 1.29 is 19.4 Å². The molecule has 152 valence electrons. The summed E-state index contributed by atoms with van der Waals surface area (Å²) >= 11 is 0. The number of fused-ring (bicyclic) bond motifs is 3. The number of carboxylic acids is 1. The van der Waals surface area contributed by atoms with Crippen molar-refractivity contribution in [1.82, 2.24) is 4.90 Å². The molecule has 0 radical (unpaired) electrons. The van der Waals surface area contributed by atoms with Crippen molar-refractivity contribution in [3.63, 3.8) is 0 Å². The number of likely N-dealkylation sites (N-methyl/N-ethyl adjacent to an activating group) is 1. The number of carbonyl (C=O) groups is 2. The summed E-state index contributed by atoms with van der Waals surface area (Å²) < 4.78 is 5.62. The van der Waals surface area contributed by atoms with Crippen LogP contribution in [0.4, 0.5) is 4.79 Å². The zero-order chi connectivity index (χ0) is 21.3. The molecule has 1 aliphatic carbocycles. The summed E-state index contributed by atoms with van der Waals surface area (Å²) in [5.41, 5.74) is 5.89. The van der Waals surface area contributed by atoms with Crippen LogP contribution in [0, 0.1) is 6.92 Å². The third kappa shape index (κ3) is 3.43. The number of hydrogen-bond donors (Lipinski definition) is 1. The predicted octanol–water partition coefficient (Wildman–Crippen LogP) is 5.00. The number of benzene rings is 3. The minimum Gasteiger partial charge on any atom is -0.479 e. The van der Waals surface area contributed by atoms with Crippen LogP contribution >= 0.6 is 0 Å². The van der Waals surface area contributed by atoms with Crippen LogP contribution < -0.4 is 0 Å². The van der Waals surface area contributed by atoms with Crippen molar-refractivity contribution in [2.45, 2.75) is 18.9 Å². The molecule has 0 saturated carbocycles. The maximum atomic E-state index is 12.8. The summed E-state index contributed by atoms with van der Waals surface area (Å²) in [6.07, 6.45) is -0.660. The van der Waals surface area contributed by atoms with Gasteiger partial charge in [-0.3, -0.25) is 4.90 Å². The molecule has 0 spiro atoms. The van der Waals surface area contributed by atoms with E-state index in [1.54, 1.807) is 12.1 Å². The first-order valence-corrected chi connectivity index (χ1v) is 9.85. The molecule has 3 aromatic carbocycles. The summed E-state index contributed by atoms with van der Waals surface area (Å²) in [5.74, 6) is -1.17. The van der Waals surface area contributed by atoms with E-state index in [9.17, 15) is 14.7 Å². The van der Waals surface area contributed by atoms with Crippen LogP contribution in [0.25, 0.3) is 11.1 Å². The minimum absolute atomic E-state index is 0.0727. The second kappa shape index (κ2) is 8.03. The van der Waals surface area contributed by atoms with Gasteiger partial charge in [0.2, 0.25) is 0 Å². The van der Waals surface area contributed by atoms with Crippen LogP contribution in [0.15, 0.2) is 72.8 Å². The molecule has 0 saturated heterocycles. The van der Waals surface area contributed by atoms with E-state index < -0.39 is 18.1 Å². The van der Waals surface area contributed by atoms with Gasteiger partial charge in [-0.15, -0.1) is 0 Å². The number of ether oxygens (including phenoxy) is 1. The van der Waals surface area contributed by atoms with Gasteiger partial charge in [0, 0.05) is 13.0 Å². The van der Waals surface area contributed by atoms with Crippen molar-refractivity contribution in [2.75, 3.05) is 13.7 Å². The maximum absolute atomic E-state index is 12.8. The lowest BCUT2D eigenvalue weighted by Gasteiger charge is -2.26. The molecule has 0 fully saturated rings. The van der Waals surface area contributed by atoms with Gasteiger partial charge in [-0.05, 0) is 40.3 Å². The lowest BCUT2D eigenvalue weighted by atomic mass is 9.98. The smallest absolute Gasteiger partial charge is 0.410 e. The van der Waals surface area contributed by atoms with Gasteiger partial charge in [0.25, 0.3) is 0 Å². The summed E-state index contributed by atoms with van der Waals surface area (Å²) in [6.45, 7) is 1.98. The number of carbonyl (C=O) groups excluding carboxylic acids is 1. The molecule has 0 bridgehead atoms. The Kier molecular flexibility index (Phi) is 5.27. The fourth-order valence-electron chi connectivity index (χ4n) is 4.20. The summed E-state index contributed by atoms with van der Waals surface area (Å²) in [4.78, 5) is 25.9. The monoisotopic (exact) mass is 401 g/mol. The Morgan fingerprint density at radius 2 is 1.47 bits per heavy atom. The van der Waals surface area contributed by atoms with Crippen LogP contribution in [-0.4, -0.2) is 35.7 Å². The number of hydrogen-bond acceptors (Lipinski definition) is 3. The molecular weight excluding hydrogens is 378 g/mol. The van der Waals surface area contributed by atoms with Gasteiger partial charge in [-0.2, -0.15) is 0 Å². The number of aliphatic carboxylic acids is 1. The summed E-state index contributed by atoms with van der Waals surface area (Å²) in [7, 11) is 1.46. The molecule has 30 heavy (non-hydrogen) atoms. The van der Waals surface area contributed by atoms with E-state index in [1.807, 2.05) is 55.5 Å². The lowest BCUT2D eigenvalue weighted by Crippen LogP contribution is -2.37. The Hall–Kier alpha value is -3.60. The SMILES string of the molecule is Cc1ccccc1C(C(=O)O)N(C)C(=O)OCC1c2ccccc2-c2ccccc21. The van der Waals surface area contributed by atoms with Crippen molar-refractivity contribution in [3.05, 3.63) is 95.1 Å². The average Bonchev–Trinajstić information content (AvgIpc) is 3.07. The van der Waals surface area contributed by atoms with Crippen LogP contribution in [0.3, 0.4) is 0 Å². The van der Waals surface area contributed by atoms with Gasteiger partial charge in [-0.25, -0.2) is 9.59 Å². The highest BCUT2D eigenvalue weighted by molar-refractivity contribution is 5.82. The van der Waals surface area contributed by atoms with Crippen molar-refractivity contribution in [3.8, 4) is 11.1 Å².